The smallest absolute Gasteiger partial charge is 0.0622 e. The zero-order chi connectivity index (χ0) is 9.10. The Morgan fingerprint density at radius 2 is 1.77 bits per heavy atom. The molecule has 0 aromatic carbocycles. The Kier molecular flexibility index (Phi) is 3.23. The summed E-state index contributed by atoms with van der Waals surface area (Å²) in [4.78, 5) is 5.35. The van der Waals surface area contributed by atoms with Crippen molar-refractivity contribution in [3.8, 4) is 0 Å². The average Bonchev–Trinajstić information content (AvgIpc) is 2.67. The molecule has 0 N–H and O–H groups in total. The predicted octanol–water partition coefficient (Wildman–Crippen LogP) is 1.91. The second kappa shape index (κ2) is 4.43. The van der Waals surface area contributed by atoms with Gasteiger partial charge in [0.2, 0.25) is 0 Å². The minimum atomic E-state index is 0.797. The first-order valence-electron chi connectivity index (χ1n) is 5.90. The Labute approximate surface area is 81.9 Å². The molecule has 0 aromatic heterocycles. The maximum absolute atomic E-state index is 2.71. The normalized spacial score (nSPS) is 32.5. The Bertz CT molecular complexity index is 152. The number of rotatable bonds is 2. The number of hydrogen-bond acceptors (Lipinski definition) is 2. The van der Waals surface area contributed by atoms with Gasteiger partial charge >= 0.3 is 0 Å². The molecular formula is C11H22N2. The molecule has 0 amide bonds. The molecule has 2 heterocycles. The third kappa shape index (κ3) is 2.05. The third-order valence-electron chi connectivity index (χ3n) is 3.55. The quantitative estimate of drug-likeness (QED) is 0.643. The van der Waals surface area contributed by atoms with Gasteiger partial charge in [0, 0.05) is 0 Å². The van der Waals surface area contributed by atoms with Crippen molar-refractivity contribution in [3.05, 3.63) is 0 Å². The molecule has 1 unspecified atom stereocenters. The molecule has 2 aliphatic heterocycles. The summed E-state index contributed by atoms with van der Waals surface area (Å²) in [7, 11) is 0. The fraction of sp³-hybridized carbons (Fsp3) is 1.00. The van der Waals surface area contributed by atoms with Gasteiger partial charge in [-0.1, -0.05) is 13.3 Å². The van der Waals surface area contributed by atoms with E-state index < -0.39 is 0 Å². The predicted molar refractivity (Wildman–Crippen MR) is 55.7 cm³/mol. The maximum atomic E-state index is 2.71. The van der Waals surface area contributed by atoms with Crippen LogP contribution in [-0.2, 0) is 0 Å². The molecule has 0 aromatic rings. The van der Waals surface area contributed by atoms with E-state index in [1.165, 1.54) is 58.3 Å². The van der Waals surface area contributed by atoms with Crippen LogP contribution in [0.2, 0.25) is 0 Å². The van der Waals surface area contributed by atoms with Crippen LogP contribution < -0.4 is 0 Å². The van der Waals surface area contributed by atoms with Gasteiger partial charge in [-0.15, -0.1) is 0 Å². The molecule has 0 radical (unpaired) electrons. The summed E-state index contributed by atoms with van der Waals surface area (Å²) in [5.74, 6) is 0. The zero-order valence-electron chi connectivity index (χ0n) is 8.84. The zero-order valence-corrected chi connectivity index (χ0v) is 8.84. The number of likely N-dealkylation sites (tertiary alicyclic amines) is 2. The number of hydrogen-bond donors (Lipinski definition) is 0. The summed E-state index contributed by atoms with van der Waals surface area (Å²) in [5, 5.41) is 0. The molecule has 2 nitrogen and oxygen atoms in total. The largest absolute Gasteiger partial charge is 0.288 e. The topological polar surface area (TPSA) is 6.48 Å². The van der Waals surface area contributed by atoms with Crippen LogP contribution in [0.5, 0.6) is 0 Å². The van der Waals surface area contributed by atoms with Crippen LogP contribution in [0.4, 0.5) is 0 Å². The van der Waals surface area contributed by atoms with E-state index >= 15 is 0 Å². The fourth-order valence-electron chi connectivity index (χ4n) is 2.81. The first-order chi connectivity index (χ1) is 6.42. The van der Waals surface area contributed by atoms with Crippen molar-refractivity contribution in [2.75, 3.05) is 26.2 Å². The summed E-state index contributed by atoms with van der Waals surface area (Å²) in [6, 6.07) is 0. The lowest BCUT2D eigenvalue weighted by Gasteiger charge is -2.37. The van der Waals surface area contributed by atoms with Crippen LogP contribution in [0.3, 0.4) is 0 Å². The summed E-state index contributed by atoms with van der Waals surface area (Å²) >= 11 is 0. The Balaban J connectivity index is 1.90. The SMILES string of the molecule is CCN1CCCC1N1CCCCC1. The van der Waals surface area contributed by atoms with E-state index in [0.717, 1.165) is 6.17 Å². The van der Waals surface area contributed by atoms with E-state index in [1.807, 2.05) is 0 Å². The van der Waals surface area contributed by atoms with Gasteiger partial charge in [-0.25, -0.2) is 0 Å². The molecule has 2 heteroatoms. The van der Waals surface area contributed by atoms with Crippen molar-refractivity contribution in [2.24, 2.45) is 0 Å². The van der Waals surface area contributed by atoms with Crippen LogP contribution >= 0.6 is 0 Å². The molecule has 76 valence electrons. The third-order valence-corrected chi connectivity index (χ3v) is 3.55. The van der Waals surface area contributed by atoms with E-state index in [9.17, 15) is 0 Å². The van der Waals surface area contributed by atoms with Crippen LogP contribution in [0.25, 0.3) is 0 Å². The van der Waals surface area contributed by atoms with Crippen molar-refractivity contribution >= 4 is 0 Å². The molecule has 0 spiro atoms. The molecular weight excluding hydrogens is 160 g/mol. The van der Waals surface area contributed by atoms with Crippen LogP contribution in [-0.4, -0.2) is 42.1 Å². The standard InChI is InChI=1S/C11H22N2/c1-2-12-10-6-7-11(12)13-8-4-3-5-9-13/h11H,2-10H2,1H3. The Hall–Kier alpha value is -0.0800. The maximum Gasteiger partial charge on any atom is 0.0622 e. The molecule has 2 aliphatic rings. The van der Waals surface area contributed by atoms with Crippen molar-refractivity contribution in [1.82, 2.24) is 9.80 Å². The van der Waals surface area contributed by atoms with Gasteiger partial charge in [-0.05, 0) is 51.9 Å². The van der Waals surface area contributed by atoms with Crippen molar-refractivity contribution in [1.29, 1.82) is 0 Å². The summed E-state index contributed by atoms with van der Waals surface area (Å²) in [6.07, 6.45) is 7.92. The minimum absolute atomic E-state index is 0.797. The van der Waals surface area contributed by atoms with Gasteiger partial charge in [0.15, 0.2) is 0 Å². The molecule has 0 bridgehead atoms. The van der Waals surface area contributed by atoms with Crippen LogP contribution in [0.1, 0.15) is 39.0 Å². The Morgan fingerprint density at radius 3 is 2.46 bits per heavy atom. The van der Waals surface area contributed by atoms with E-state index in [2.05, 4.69) is 16.7 Å². The van der Waals surface area contributed by atoms with Gasteiger partial charge in [-0.3, -0.25) is 9.80 Å². The highest BCUT2D eigenvalue weighted by atomic mass is 15.4. The fourth-order valence-corrected chi connectivity index (χ4v) is 2.81. The van der Waals surface area contributed by atoms with Crippen molar-refractivity contribution < 1.29 is 0 Å². The summed E-state index contributed by atoms with van der Waals surface area (Å²) in [5.41, 5.74) is 0. The van der Waals surface area contributed by atoms with E-state index in [-0.39, 0.29) is 0 Å². The summed E-state index contributed by atoms with van der Waals surface area (Å²) < 4.78 is 0. The lowest BCUT2D eigenvalue weighted by Crippen LogP contribution is -2.46. The highest BCUT2D eigenvalue weighted by Crippen LogP contribution is 2.23. The monoisotopic (exact) mass is 182 g/mol. The van der Waals surface area contributed by atoms with E-state index in [4.69, 9.17) is 0 Å². The van der Waals surface area contributed by atoms with Crippen LogP contribution in [0.15, 0.2) is 0 Å². The van der Waals surface area contributed by atoms with Gasteiger partial charge in [0.25, 0.3) is 0 Å². The lowest BCUT2D eigenvalue weighted by molar-refractivity contribution is 0.0622. The van der Waals surface area contributed by atoms with Crippen LogP contribution in [0, 0.1) is 0 Å². The Morgan fingerprint density at radius 1 is 1.00 bits per heavy atom. The van der Waals surface area contributed by atoms with Gasteiger partial charge in [0.1, 0.15) is 0 Å². The number of nitrogens with zero attached hydrogens (tertiary/aromatic N) is 2. The average molecular weight is 182 g/mol. The first-order valence-corrected chi connectivity index (χ1v) is 5.90. The van der Waals surface area contributed by atoms with E-state index in [0.29, 0.717) is 0 Å². The van der Waals surface area contributed by atoms with Gasteiger partial charge in [-0.2, -0.15) is 0 Å². The van der Waals surface area contributed by atoms with E-state index in [1.54, 1.807) is 0 Å². The van der Waals surface area contributed by atoms with Gasteiger partial charge in [0.05, 0.1) is 6.17 Å². The van der Waals surface area contributed by atoms with Crippen molar-refractivity contribution in [2.45, 2.75) is 45.2 Å². The molecule has 1 atom stereocenters. The molecule has 2 saturated heterocycles. The molecule has 0 aliphatic carbocycles. The number of piperidine rings is 1. The molecule has 0 saturated carbocycles. The molecule has 2 fully saturated rings. The first kappa shape index (κ1) is 9.47. The van der Waals surface area contributed by atoms with Crippen molar-refractivity contribution in [3.63, 3.8) is 0 Å². The summed E-state index contributed by atoms with van der Waals surface area (Å²) in [6.45, 7) is 7.56. The van der Waals surface area contributed by atoms with Gasteiger partial charge < -0.3 is 0 Å². The highest BCUT2D eigenvalue weighted by molar-refractivity contribution is 4.80. The molecule has 13 heavy (non-hydrogen) atoms. The molecule has 2 rings (SSSR count). The second-order valence-corrected chi connectivity index (χ2v) is 4.35. The lowest BCUT2D eigenvalue weighted by atomic mass is 10.1. The highest BCUT2D eigenvalue weighted by Gasteiger charge is 2.28. The second-order valence-electron chi connectivity index (χ2n) is 4.35. The minimum Gasteiger partial charge on any atom is -0.288 e.